The molecule has 3 nitrogen and oxygen atoms in total. The van der Waals surface area contributed by atoms with Gasteiger partial charge < -0.3 is 4.18 Å². The van der Waals surface area contributed by atoms with Crippen molar-refractivity contribution in [2.75, 3.05) is 0 Å². The van der Waals surface area contributed by atoms with Crippen molar-refractivity contribution in [1.82, 2.24) is 0 Å². The van der Waals surface area contributed by atoms with Crippen LogP contribution in [-0.2, 0) is 35.8 Å². The number of alkyl halides is 3. The third-order valence-corrected chi connectivity index (χ3v) is 6.26. The van der Waals surface area contributed by atoms with E-state index in [4.69, 9.17) is 0 Å². The van der Waals surface area contributed by atoms with Crippen LogP contribution in [0.2, 0.25) is 0 Å². The third-order valence-electron chi connectivity index (χ3n) is 4.12. The van der Waals surface area contributed by atoms with Crippen molar-refractivity contribution in [1.29, 1.82) is 0 Å². The molecule has 0 saturated heterocycles. The predicted octanol–water partition coefficient (Wildman–Crippen LogP) is 4.40. The van der Waals surface area contributed by atoms with E-state index >= 15 is 0 Å². The van der Waals surface area contributed by atoms with Crippen molar-refractivity contribution in [2.24, 2.45) is 0 Å². The van der Waals surface area contributed by atoms with Gasteiger partial charge in [0, 0.05) is 0 Å². The molecule has 6 rings (SSSR count). The van der Waals surface area contributed by atoms with Crippen molar-refractivity contribution in [3.63, 3.8) is 0 Å². The van der Waals surface area contributed by atoms with Crippen LogP contribution in [0.5, 0.6) is 5.75 Å². The zero-order chi connectivity index (χ0) is 18.2. The monoisotopic (exact) mass is 482 g/mol. The number of benzene rings is 2. The second kappa shape index (κ2) is 6.79. The number of hydrogen-bond donors (Lipinski definition) is 0. The van der Waals surface area contributed by atoms with E-state index in [1.807, 2.05) is 52.9 Å². The first-order valence-electron chi connectivity index (χ1n) is 7.56. The number of rotatable bonds is 2. The molecule has 0 atom stereocenters. The highest BCUT2D eigenvalue weighted by Gasteiger charge is 2.49. The SMILES string of the molecule is O=S(=O)(Oc1c2ccc(c1I)CCc1ccc(cc1)CC2)C(F)(F)F. The van der Waals surface area contributed by atoms with E-state index in [0.717, 1.165) is 16.7 Å². The maximum absolute atomic E-state index is 12.7. The summed E-state index contributed by atoms with van der Waals surface area (Å²) in [6.07, 6.45) is 2.26. The Labute approximate surface area is 157 Å². The largest absolute Gasteiger partial charge is 0.534 e. The molecular weight excluding hydrogens is 468 g/mol. The molecule has 8 heteroatoms. The van der Waals surface area contributed by atoms with Crippen molar-refractivity contribution >= 4 is 32.7 Å². The Hall–Kier alpha value is -1.29. The van der Waals surface area contributed by atoms with E-state index in [0.29, 0.717) is 34.8 Å². The highest BCUT2D eigenvalue weighted by Crippen LogP contribution is 2.35. The van der Waals surface area contributed by atoms with Crippen LogP contribution in [0.15, 0.2) is 36.4 Å². The van der Waals surface area contributed by atoms with Crippen LogP contribution in [0.1, 0.15) is 22.3 Å². The van der Waals surface area contributed by atoms with Gasteiger partial charge in [-0.3, -0.25) is 0 Å². The molecule has 0 heterocycles. The van der Waals surface area contributed by atoms with Crippen LogP contribution in [-0.4, -0.2) is 13.9 Å². The normalized spacial score (nSPS) is 14.9. The van der Waals surface area contributed by atoms with E-state index in [1.165, 1.54) is 0 Å². The molecule has 4 bridgehead atoms. The van der Waals surface area contributed by atoms with Crippen LogP contribution >= 0.6 is 22.6 Å². The van der Waals surface area contributed by atoms with Gasteiger partial charge in [0.05, 0.1) is 3.57 Å². The predicted molar refractivity (Wildman–Crippen MR) is 96.0 cm³/mol. The van der Waals surface area contributed by atoms with E-state index in [-0.39, 0.29) is 5.75 Å². The highest BCUT2D eigenvalue weighted by molar-refractivity contribution is 14.1. The molecule has 0 unspecified atom stereocenters. The van der Waals surface area contributed by atoms with Gasteiger partial charge in [0.15, 0.2) is 5.75 Å². The van der Waals surface area contributed by atoms with Crippen molar-refractivity contribution in [2.45, 2.75) is 31.2 Å². The van der Waals surface area contributed by atoms with Gasteiger partial charge in [0.1, 0.15) is 0 Å². The lowest BCUT2D eigenvalue weighted by atomic mass is 9.96. The van der Waals surface area contributed by atoms with Crippen molar-refractivity contribution in [3.8, 4) is 5.75 Å². The molecule has 4 aliphatic carbocycles. The fourth-order valence-corrected chi connectivity index (χ4v) is 4.26. The maximum Gasteiger partial charge on any atom is 0.534 e. The van der Waals surface area contributed by atoms with E-state index in [1.54, 1.807) is 6.07 Å². The fourth-order valence-electron chi connectivity index (χ4n) is 2.70. The molecule has 0 aliphatic heterocycles. The molecule has 0 saturated carbocycles. The Morgan fingerprint density at radius 3 is 1.84 bits per heavy atom. The number of hydrogen-bond acceptors (Lipinski definition) is 3. The quantitative estimate of drug-likeness (QED) is 0.362. The van der Waals surface area contributed by atoms with Gasteiger partial charge in [-0.05, 0) is 70.5 Å². The molecule has 0 aromatic heterocycles. The van der Waals surface area contributed by atoms with Crippen molar-refractivity contribution < 1.29 is 25.8 Å². The molecule has 0 N–H and O–H groups in total. The molecular formula is C17H14F3IO3S. The topological polar surface area (TPSA) is 43.4 Å². The lowest BCUT2D eigenvalue weighted by molar-refractivity contribution is -0.0500. The highest BCUT2D eigenvalue weighted by atomic mass is 127. The van der Waals surface area contributed by atoms with Crippen LogP contribution in [0.25, 0.3) is 0 Å². The minimum Gasteiger partial charge on any atom is -0.375 e. The Bertz CT molecular complexity index is 891. The zero-order valence-electron chi connectivity index (χ0n) is 12.9. The Kier molecular flexibility index (Phi) is 5.02. The van der Waals surface area contributed by atoms with Crippen LogP contribution in [0, 0.1) is 3.57 Å². The summed E-state index contributed by atoms with van der Waals surface area (Å²) in [5.41, 5.74) is -2.08. The lowest BCUT2D eigenvalue weighted by Crippen LogP contribution is -2.29. The lowest BCUT2D eigenvalue weighted by Gasteiger charge is -2.18. The Morgan fingerprint density at radius 2 is 1.32 bits per heavy atom. The summed E-state index contributed by atoms with van der Waals surface area (Å²) in [7, 11) is -5.70. The second-order valence-corrected chi connectivity index (χ2v) is 8.44. The fraction of sp³-hybridized carbons (Fsp3) is 0.294. The van der Waals surface area contributed by atoms with Crippen LogP contribution in [0.4, 0.5) is 13.2 Å². The van der Waals surface area contributed by atoms with E-state index in [9.17, 15) is 21.6 Å². The van der Waals surface area contributed by atoms with Gasteiger partial charge in [0.25, 0.3) is 0 Å². The van der Waals surface area contributed by atoms with Gasteiger partial charge in [-0.2, -0.15) is 21.6 Å². The first-order valence-corrected chi connectivity index (χ1v) is 10.0. The minimum atomic E-state index is -5.70. The molecule has 25 heavy (non-hydrogen) atoms. The minimum absolute atomic E-state index is 0.203. The summed E-state index contributed by atoms with van der Waals surface area (Å²) in [4.78, 5) is 0. The molecule has 0 amide bonds. The Morgan fingerprint density at radius 1 is 0.840 bits per heavy atom. The van der Waals surface area contributed by atoms with Crippen LogP contribution in [0.3, 0.4) is 0 Å². The van der Waals surface area contributed by atoms with E-state index < -0.39 is 15.6 Å². The van der Waals surface area contributed by atoms with Gasteiger partial charge in [-0.1, -0.05) is 36.4 Å². The summed E-state index contributed by atoms with van der Waals surface area (Å²) < 4.78 is 66.1. The molecule has 0 radical (unpaired) electrons. The van der Waals surface area contributed by atoms with Gasteiger partial charge in [-0.15, -0.1) is 0 Å². The van der Waals surface area contributed by atoms with Gasteiger partial charge in [-0.25, -0.2) is 0 Å². The van der Waals surface area contributed by atoms with Crippen molar-refractivity contribution in [3.05, 3.63) is 62.2 Å². The molecule has 2 aromatic carbocycles. The van der Waals surface area contributed by atoms with Crippen LogP contribution < -0.4 is 4.18 Å². The zero-order valence-corrected chi connectivity index (χ0v) is 15.9. The summed E-state index contributed by atoms with van der Waals surface area (Å²) in [5.74, 6) is -0.203. The summed E-state index contributed by atoms with van der Waals surface area (Å²) in [5, 5.41) is 0. The van der Waals surface area contributed by atoms with E-state index in [2.05, 4.69) is 4.18 Å². The first kappa shape index (κ1) is 18.5. The Balaban J connectivity index is 2.05. The maximum atomic E-state index is 12.7. The molecule has 0 fully saturated rings. The second-order valence-electron chi connectivity index (χ2n) is 5.83. The summed E-state index contributed by atoms with van der Waals surface area (Å²) in [6.45, 7) is 0. The third kappa shape index (κ3) is 3.94. The molecule has 4 aliphatic rings. The average Bonchev–Trinajstić information content (AvgIpc) is 2.52. The van der Waals surface area contributed by atoms with Gasteiger partial charge >= 0.3 is 15.6 Å². The number of halogens is 4. The summed E-state index contributed by atoms with van der Waals surface area (Å²) >= 11 is 1.87. The average molecular weight is 482 g/mol. The standard InChI is InChI=1S/C17H14F3IO3S/c18-17(19,20)25(22,23)24-16-14-8-6-12-3-1-11(2-4-12)5-7-13(9-10-14)15(16)21/h1-4,9-10H,5-8H2. The molecule has 2 aromatic rings. The number of aryl methyl sites for hydroxylation is 4. The first-order chi connectivity index (χ1) is 11.7. The smallest absolute Gasteiger partial charge is 0.375 e. The summed E-state index contributed by atoms with van der Waals surface area (Å²) in [6, 6.07) is 11.6. The molecule has 134 valence electrons. The van der Waals surface area contributed by atoms with Gasteiger partial charge in [0.2, 0.25) is 0 Å². The molecule has 0 spiro atoms.